The first kappa shape index (κ1) is 13.0. The van der Waals surface area contributed by atoms with Gasteiger partial charge >= 0.3 is 0 Å². The maximum Gasteiger partial charge on any atom is 0.251 e. The highest BCUT2D eigenvalue weighted by Gasteiger charge is 2.09. The zero-order chi connectivity index (χ0) is 14.1. The molecular formula is C13H10N4OS2. The predicted molar refractivity (Wildman–Crippen MR) is 81.7 cm³/mol. The predicted octanol–water partition coefficient (Wildman–Crippen LogP) is 4.41. The molecule has 3 rings (SSSR count). The standard InChI is InChI=1S/C13H10N4OS2/c1-7-14-16-13(20-7)17-15-10-6-11(19)12(18)9-5-3-2-4-8(9)10/h2-6,18-19H,1H3/b17-15+. The average molecular weight is 302 g/mol. The fourth-order valence-corrected chi connectivity index (χ4v) is 2.58. The Labute approximate surface area is 124 Å². The number of aryl methyl sites for hydroxylation is 1. The molecule has 0 aliphatic heterocycles. The summed E-state index contributed by atoms with van der Waals surface area (Å²) < 4.78 is 0. The summed E-state index contributed by atoms with van der Waals surface area (Å²) >= 11 is 5.62. The van der Waals surface area contributed by atoms with E-state index in [0.717, 1.165) is 10.4 Å². The lowest BCUT2D eigenvalue weighted by Gasteiger charge is -2.06. The van der Waals surface area contributed by atoms with Crippen LogP contribution in [0, 0.1) is 6.92 Å². The molecule has 1 aromatic heterocycles. The zero-order valence-electron chi connectivity index (χ0n) is 10.5. The molecular weight excluding hydrogens is 292 g/mol. The van der Waals surface area contributed by atoms with E-state index in [0.29, 0.717) is 21.1 Å². The first-order valence-electron chi connectivity index (χ1n) is 5.80. The largest absolute Gasteiger partial charge is 0.506 e. The molecule has 100 valence electrons. The number of rotatable bonds is 2. The Morgan fingerprint density at radius 2 is 1.90 bits per heavy atom. The number of thiol groups is 1. The van der Waals surface area contributed by atoms with Crippen LogP contribution in [0.2, 0.25) is 0 Å². The van der Waals surface area contributed by atoms with Gasteiger partial charge in [0, 0.05) is 15.7 Å². The van der Waals surface area contributed by atoms with E-state index in [1.54, 1.807) is 6.07 Å². The lowest BCUT2D eigenvalue weighted by Crippen LogP contribution is -1.77. The third-order valence-corrected chi connectivity index (χ3v) is 3.80. The summed E-state index contributed by atoms with van der Waals surface area (Å²) in [6, 6.07) is 9.11. The van der Waals surface area contributed by atoms with Gasteiger partial charge in [-0.3, -0.25) is 0 Å². The van der Waals surface area contributed by atoms with Gasteiger partial charge in [-0.2, -0.15) is 0 Å². The number of phenolic OH excluding ortho intramolecular Hbond substituents is 1. The maximum atomic E-state index is 10.0. The number of aromatic nitrogens is 2. The van der Waals surface area contributed by atoms with Crippen LogP contribution >= 0.6 is 24.0 Å². The average Bonchev–Trinajstić information content (AvgIpc) is 2.87. The molecule has 0 atom stereocenters. The van der Waals surface area contributed by atoms with Crippen LogP contribution in [0.3, 0.4) is 0 Å². The van der Waals surface area contributed by atoms with E-state index in [2.05, 4.69) is 33.1 Å². The van der Waals surface area contributed by atoms with Crippen molar-refractivity contribution in [2.24, 2.45) is 10.2 Å². The van der Waals surface area contributed by atoms with Gasteiger partial charge in [0.1, 0.15) is 10.8 Å². The van der Waals surface area contributed by atoms with Gasteiger partial charge in [-0.1, -0.05) is 35.6 Å². The molecule has 0 bridgehead atoms. The molecule has 0 amide bonds. The molecule has 1 heterocycles. The fraction of sp³-hybridized carbons (Fsp3) is 0.0769. The van der Waals surface area contributed by atoms with Crippen LogP contribution in [0.5, 0.6) is 5.75 Å². The Hall–Kier alpha value is -1.99. The highest BCUT2D eigenvalue weighted by Crippen LogP contribution is 2.38. The van der Waals surface area contributed by atoms with E-state index in [1.807, 2.05) is 31.2 Å². The Bertz CT molecular complexity index is 813. The second-order valence-electron chi connectivity index (χ2n) is 4.11. The Morgan fingerprint density at radius 1 is 1.15 bits per heavy atom. The van der Waals surface area contributed by atoms with Crippen molar-refractivity contribution < 1.29 is 5.11 Å². The lowest BCUT2D eigenvalue weighted by atomic mass is 10.1. The number of aromatic hydroxyl groups is 1. The number of benzene rings is 2. The molecule has 0 aliphatic carbocycles. The van der Waals surface area contributed by atoms with Crippen molar-refractivity contribution in [3.63, 3.8) is 0 Å². The van der Waals surface area contributed by atoms with Crippen LogP contribution in [0.4, 0.5) is 10.8 Å². The molecule has 0 spiro atoms. The number of phenols is 1. The van der Waals surface area contributed by atoms with Crippen LogP contribution < -0.4 is 0 Å². The molecule has 0 unspecified atom stereocenters. The molecule has 0 aliphatic rings. The van der Waals surface area contributed by atoms with Gasteiger partial charge in [0.25, 0.3) is 5.13 Å². The smallest absolute Gasteiger partial charge is 0.251 e. The van der Waals surface area contributed by atoms with E-state index in [-0.39, 0.29) is 5.75 Å². The molecule has 0 radical (unpaired) electrons. The van der Waals surface area contributed by atoms with Crippen molar-refractivity contribution >= 4 is 45.6 Å². The van der Waals surface area contributed by atoms with Crippen LogP contribution in [-0.4, -0.2) is 15.3 Å². The van der Waals surface area contributed by atoms with Gasteiger partial charge in [-0.25, -0.2) is 0 Å². The van der Waals surface area contributed by atoms with Gasteiger partial charge in [-0.15, -0.1) is 33.1 Å². The third-order valence-electron chi connectivity index (χ3n) is 2.73. The van der Waals surface area contributed by atoms with E-state index in [4.69, 9.17) is 0 Å². The quantitative estimate of drug-likeness (QED) is 0.544. The summed E-state index contributed by atoms with van der Waals surface area (Å²) in [7, 11) is 0. The van der Waals surface area contributed by atoms with Crippen molar-refractivity contribution in [2.75, 3.05) is 0 Å². The van der Waals surface area contributed by atoms with Crippen LogP contribution in [0.25, 0.3) is 10.8 Å². The molecule has 7 heteroatoms. The normalized spacial score (nSPS) is 11.5. The van der Waals surface area contributed by atoms with Crippen LogP contribution in [0.1, 0.15) is 5.01 Å². The fourth-order valence-electron chi connectivity index (χ4n) is 1.83. The van der Waals surface area contributed by atoms with Crippen molar-refractivity contribution in [1.82, 2.24) is 10.2 Å². The van der Waals surface area contributed by atoms with Gasteiger partial charge < -0.3 is 5.11 Å². The minimum atomic E-state index is 0.148. The van der Waals surface area contributed by atoms with Gasteiger partial charge in [0.15, 0.2) is 0 Å². The molecule has 20 heavy (non-hydrogen) atoms. The monoisotopic (exact) mass is 302 g/mol. The lowest BCUT2D eigenvalue weighted by molar-refractivity contribution is 0.469. The minimum absolute atomic E-state index is 0.148. The van der Waals surface area contributed by atoms with Crippen LogP contribution in [0.15, 0.2) is 45.5 Å². The van der Waals surface area contributed by atoms with Gasteiger partial charge in [0.2, 0.25) is 0 Å². The Morgan fingerprint density at radius 3 is 2.60 bits per heavy atom. The van der Waals surface area contributed by atoms with Crippen molar-refractivity contribution in [3.05, 3.63) is 35.3 Å². The summed E-state index contributed by atoms with van der Waals surface area (Å²) in [5.41, 5.74) is 0.635. The molecule has 0 saturated heterocycles. The third kappa shape index (κ3) is 2.37. The molecule has 0 fully saturated rings. The number of nitrogens with zero attached hydrogens (tertiary/aromatic N) is 4. The van der Waals surface area contributed by atoms with E-state index in [9.17, 15) is 5.11 Å². The topological polar surface area (TPSA) is 70.7 Å². The summed E-state index contributed by atoms with van der Waals surface area (Å²) in [4.78, 5) is 0.464. The molecule has 1 N–H and O–H groups in total. The number of azo groups is 1. The first-order valence-corrected chi connectivity index (χ1v) is 7.07. The van der Waals surface area contributed by atoms with Crippen molar-refractivity contribution in [3.8, 4) is 5.75 Å². The SMILES string of the molecule is Cc1nnc(/N=N/c2cc(S)c(O)c3ccccc23)s1. The van der Waals surface area contributed by atoms with Gasteiger partial charge in [-0.05, 0) is 13.0 Å². The summed E-state index contributed by atoms with van der Waals surface area (Å²) in [5.74, 6) is 0.148. The first-order chi connectivity index (χ1) is 9.65. The minimum Gasteiger partial charge on any atom is -0.506 e. The van der Waals surface area contributed by atoms with Gasteiger partial charge in [0.05, 0.1) is 5.69 Å². The number of hydrogen-bond acceptors (Lipinski definition) is 7. The summed E-state index contributed by atoms with van der Waals surface area (Å²) in [6.07, 6.45) is 0. The number of fused-ring (bicyclic) bond motifs is 1. The highest BCUT2D eigenvalue weighted by atomic mass is 32.1. The van der Waals surface area contributed by atoms with E-state index < -0.39 is 0 Å². The molecule has 0 saturated carbocycles. The van der Waals surface area contributed by atoms with E-state index >= 15 is 0 Å². The Balaban J connectivity index is 2.12. The maximum absolute atomic E-state index is 10.0. The van der Waals surface area contributed by atoms with E-state index in [1.165, 1.54) is 11.3 Å². The molecule has 2 aromatic carbocycles. The zero-order valence-corrected chi connectivity index (χ0v) is 12.2. The van der Waals surface area contributed by atoms with Crippen LogP contribution in [-0.2, 0) is 0 Å². The van der Waals surface area contributed by atoms with Crippen molar-refractivity contribution in [1.29, 1.82) is 0 Å². The van der Waals surface area contributed by atoms with Crippen molar-refractivity contribution in [2.45, 2.75) is 11.8 Å². The Kier molecular flexibility index (Phi) is 3.37. The highest BCUT2D eigenvalue weighted by molar-refractivity contribution is 7.80. The summed E-state index contributed by atoms with van der Waals surface area (Å²) in [5, 5.41) is 28.9. The molecule has 5 nitrogen and oxygen atoms in total. The summed E-state index contributed by atoms with van der Waals surface area (Å²) in [6.45, 7) is 1.86. The molecule has 3 aromatic rings. The second kappa shape index (κ2) is 5.18. The number of hydrogen-bond donors (Lipinski definition) is 2. The second-order valence-corrected chi connectivity index (χ2v) is 5.75.